The molecule has 2 aromatic rings. The predicted octanol–water partition coefficient (Wildman–Crippen LogP) is -1.84. The van der Waals surface area contributed by atoms with Crippen LogP contribution in [0.4, 0.5) is 5.13 Å². The summed E-state index contributed by atoms with van der Waals surface area (Å²) in [5.74, 6) is -1.74. The molecule has 0 aromatic carbocycles. The van der Waals surface area contributed by atoms with Gasteiger partial charge in [0.2, 0.25) is 0 Å². The number of β-lactam (4-membered cyclic amide) rings is 1. The third-order valence-electron chi connectivity index (χ3n) is 4.58. The molecule has 170 valence electrons. The second-order valence-electron chi connectivity index (χ2n) is 6.68. The van der Waals surface area contributed by atoms with E-state index in [-0.39, 0.29) is 58.3 Å². The molecular formula is C16H18N9NaO5S2. The Labute approximate surface area is 216 Å². The van der Waals surface area contributed by atoms with Crippen molar-refractivity contribution in [2.45, 2.75) is 24.9 Å². The first kappa shape index (κ1) is 25.1. The van der Waals surface area contributed by atoms with Gasteiger partial charge in [0.1, 0.15) is 29.9 Å². The molecule has 0 radical (unpaired) electrons. The molecule has 14 nitrogen and oxygen atoms in total. The first-order valence-electron chi connectivity index (χ1n) is 9.08. The van der Waals surface area contributed by atoms with Gasteiger partial charge in [0.25, 0.3) is 11.8 Å². The molecule has 0 aliphatic carbocycles. The molecular weight excluding hydrogens is 485 g/mol. The number of carboxylic acids is 1. The number of thiazole rings is 1. The zero-order chi connectivity index (χ0) is 23.0. The van der Waals surface area contributed by atoms with Crippen LogP contribution in [0, 0.1) is 6.92 Å². The van der Waals surface area contributed by atoms with Gasteiger partial charge in [-0.05, 0) is 17.7 Å². The van der Waals surface area contributed by atoms with Crippen LogP contribution in [-0.4, -0.2) is 113 Å². The Hall–Kier alpha value is -2.53. The van der Waals surface area contributed by atoms with Gasteiger partial charge < -0.3 is 21.0 Å². The molecule has 2 aliphatic rings. The number of hydrogen-bond acceptors (Lipinski definition) is 12. The normalized spacial score (nSPS) is 20.0. The first-order valence-corrected chi connectivity index (χ1v) is 11.0. The van der Waals surface area contributed by atoms with Crippen molar-refractivity contribution < 1.29 is 24.3 Å². The fourth-order valence-corrected chi connectivity index (χ4v) is 5.15. The van der Waals surface area contributed by atoms with Crippen molar-refractivity contribution in [1.29, 1.82) is 0 Å². The van der Waals surface area contributed by atoms with Crippen LogP contribution in [0.1, 0.15) is 11.5 Å². The number of nitrogen functional groups attached to an aromatic ring is 1. The summed E-state index contributed by atoms with van der Waals surface area (Å²) in [4.78, 5) is 48.7. The number of aryl methyl sites for hydroxylation is 1. The molecule has 33 heavy (non-hydrogen) atoms. The van der Waals surface area contributed by atoms with Crippen molar-refractivity contribution in [3.63, 3.8) is 0 Å². The van der Waals surface area contributed by atoms with E-state index in [0.29, 0.717) is 17.2 Å². The van der Waals surface area contributed by atoms with Crippen molar-refractivity contribution in [3.8, 4) is 0 Å². The Morgan fingerprint density at radius 1 is 1.45 bits per heavy atom. The SMILES string of the molecule is CON=C(C(=O)N[C@@H]1C(=O)N2C(C(=O)O)=C(Cn3nnc(C)n3)CS[C@H]12)c1csc(N)n1.[NaH]. The average molecular weight is 504 g/mol. The van der Waals surface area contributed by atoms with Gasteiger partial charge in [0.15, 0.2) is 16.7 Å². The van der Waals surface area contributed by atoms with Gasteiger partial charge in [-0.3, -0.25) is 14.5 Å². The summed E-state index contributed by atoms with van der Waals surface area (Å²) in [6.45, 7) is 1.74. The zero-order valence-corrected chi connectivity index (χ0v) is 18.4. The molecule has 0 saturated carbocycles. The Morgan fingerprint density at radius 3 is 2.79 bits per heavy atom. The number of aromatic nitrogens is 5. The zero-order valence-electron chi connectivity index (χ0n) is 16.8. The topological polar surface area (TPSA) is 191 Å². The molecule has 2 aliphatic heterocycles. The number of rotatable bonds is 7. The van der Waals surface area contributed by atoms with Gasteiger partial charge in [0, 0.05) is 11.1 Å². The Morgan fingerprint density at radius 2 is 2.21 bits per heavy atom. The molecule has 0 bridgehead atoms. The molecule has 2 atom stereocenters. The average Bonchev–Trinajstić information content (AvgIpc) is 3.37. The number of amides is 2. The van der Waals surface area contributed by atoms with Gasteiger partial charge in [-0.2, -0.15) is 4.80 Å². The van der Waals surface area contributed by atoms with Crippen molar-refractivity contribution in [2.75, 3.05) is 18.6 Å². The van der Waals surface area contributed by atoms with Gasteiger partial charge in [-0.25, -0.2) is 9.78 Å². The maximum atomic E-state index is 12.8. The molecule has 1 saturated heterocycles. The number of hydrogen-bond donors (Lipinski definition) is 3. The number of nitrogens with zero attached hydrogens (tertiary/aromatic N) is 7. The molecule has 2 amide bonds. The van der Waals surface area contributed by atoms with E-state index in [1.807, 2.05) is 0 Å². The maximum absolute atomic E-state index is 12.8. The molecule has 0 unspecified atom stereocenters. The Kier molecular flexibility index (Phi) is 7.73. The van der Waals surface area contributed by atoms with Crippen molar-refractivity contribution in [2.24, 2.45) is 5.16 Å². The van der Waals surface area contributed by atoms with E-state index in [4.69, 9.17) is 10.6 Å². The molecule has 4 heterocycles. The van der Waals surface area contributed by atoms with Gasteiger partial charge in [-0.1, -0.05) is 5.16 Å². The summed E-state index contributed by atoms with van der Waals surface area (Å²) in [5, 5.41) is 28.9. The summed E-state index contributed by atoms with van der Waals surface area (Å²) in [5.41, 5.74) is 6.00. The van der Waals surface area contributed by atoms with Crippen molar-refractivity contribution >= 4 is 81.3 Å². The minimum atomic E-state index is -1.25. The number of nitrogens with one attached hydrogen (secondary N) is 1. The fourth-order valence-electron chi connectivity index (χ4n) is 3.27. The minimum absolute atomic E-state index is 0. The van der Waals surface area contributed by atoms with Crippen LogP contribution >= 0.6 is 23.1 Å². The summed E-state index contributed by atoms with van der Waals surface area (Å²) in [7, 11) is 1.27. The number of carboxylic acid groups (broad SMARTS) is 1. The summed E-state index contributed by atoms with van der Waals surface area (Å²) in [6.07, 6.45) is 0. The van der Waals surface area contributed by atoms with E-state index in [2.05, 4.69) is 30.9 Å². The monoisotopic (exact) mass is 503 g/mol. The van der Waals surface area contributed by atoms with Crippen LogP contribution in [0.5, 0.6) is 0 Å². The van der Waals surface area contributed by atoms with E-state index in [1.165, 1.54) is 29.0 Å². The molecule has 0 spiro atoms. The van der Waals surface area contributed by atoms with Gasteiger partial charge in [0.05, 0.1) is 6.54 Å². The summed E-state index contributed by atoms with van der Waals surface area (Å²) in [6, 6.07) is -0.937. The fraction of sp³-hybridized carbons (Fsp3) is 0.375. The van der Waals surface area contributed by atoms with Crippen molar-refractivity contribution in [3.05, 3.63) is 28.2 Å². The quantitative estimate of drug-likeness (QED) is 0.166. The first-order chi connectivity index (χ1) is 15.3. The molecule has 1 fully saturated rings. The number of carbonyl (C=O) groups is 3. The van der Waals surface area contributed by atoms with Crippen LogP contribution in [0.25, 0.3) is 0 Å². The standard InChI is InChI=1S/C16H17N9O5S2.Na.H/c1-6-20-23-24(21-6)3-7-4-31-14-10(13(27)25(14)11(7)15(28)29)19-12(26)9(22-30-2)8-5-32-16(17)18-8;;/h5,10,14H,3-4H2,1-2H3,(H2,17,18)(H,19,26)(H,28,29);;/t10-,14-;;/m1../s1. The predicted molar refractivity (Wildman–Crippen MR) is 119 cm³/mol. The Balaban J connectivity index is 0.00000306. The number of oxime groups is 1. The molecule has 4 N–H and O–H groups in total. The number of aliphatic carboxylic acids is 1. The van der Waals surface area contributed by atoms with E-state index in [1.54, 1.807) is 6.92 Å². The number of fused-ring (bicyclic) bond motifs is 1. The molecule has 17 heteroatoms. The number of thioether (sulfide) groups is 1. The van der Waals surface area contributed by atoms with E-state index in [0.717, 1.165) is 16.2 Å². The summed E-state index contributed by atoms with van der Waals surface area (Å²) < 4.78 is 0. The van der Waals surface area contributed by atoms with E-state index >= 15 is 0 Å². The number of tetrazole rings is 1. The van der Waals surface area contributed by atoms with Crippen molar-refractivity contribution in [1.82, 2.24) is 35.4 Å². The second kappa shape index (κ2) is 10.2. The Bertz CT molecular complexity index is 1160. The molecule has 2 aromatic heterocycles. The number of nitrogens with two attached hydrogens (primary N) is 1. The van der Waals surface area contributed by atoms with Crippen LogP contribution in [0.3, 0.4) is 0 Å². The van der Waals surface area contributed by atoms with Gasteiger partial charge in [-0.15, -0.1) is 33.3 Å². The van der Waals surface area contributed by atoms with Crippen LogP contribution in [0.2, 0.25) is 0 Å². The van der Waals surface area contributed by atoms with Gasteiger partial charge >= 0.3 is 35.5 Å². The summed E-state index contributed by atoms with van der Waals surface area (Å²) >= 11 is 2.44. The van der Waals surface area contributed by atoms with Crippen LogP contribution in [0.15, 0.2) is 21.8 Å². The van der Waals surface area contributed by atoms with Crippen LogP contribution in [-0.2, 0) is 25.8 Å². The third-order valence-corrected chi connectivity index (χ3v) is 6.60. The van der Waals surface area contributed by atoms with Crippen LogP contribution < -0.4 is 11.1 Å². The van der Waals surface area contributed by atoms with E-state index < -0.39 is 29.2 Å². The number of carbonyl (C=O) groups excluding carboxylic acids is 2. The van der Waals surface area contributed by atoms with E-state index in [9.17, 15) is 19.5 Å². The third kappa shape index (κ3) is 4.89. The second-order valence-corrected chi connectivity index (χ2v) is 8.67. The number of anilines is 1. The molecule has 4 rings (SSSR count).